The Morgan fingerprint density at radius 2 is 2.04 bits per heavy atom. The normalized spacial score (nSPS) is 10.7. The number of amides is 1. The molecule has 1 amide bonds. The van der Waals surface area contributed by atoms with Gasteiger partial charge in [0.2, 0.25) is 5.82 Å². The highest BCUT2D eigenvalue weighted by Gasteiger charge is 2.17. The van der Waals surface area contributed by atoms with Crippen LogP contribution in [0.25, 0.3) is 0 Å². The van der Waals surface area contributed by atoms with E-state index in [0.29, 0.717) is 23.6 Å². The van der Waals surface area contributed by atoms with Crippen LogP contribution < -0.4 is 10.6 Å². The zero-order chi connectivity index (χ0) is 19.4. The minimum Gasteiger partial charge on any atom is -0.369 e. The summed E-state index contributed by atoms with van der Waals surface area (Å²) in [5.74, 6) is -0.470. The standard InChI is InChI=1S/C19H21FN6O/c1-11-5-4-6-15(20)16(11)25-19(27)18-24-13(3)12(2)17(26-18)21-8-7-14-9-22-23-10-14/h4-6,9-10H,7-8H2,1-3H3,(H,22,23)(H,25,27)(H,21,24,26). The predicted molar refractivity (Wildman–Crippen MR) is 101 cm³/mol. The lowest BCUT2D eigenvalue weighted by atomic mass is 10.2. The molecule has 140 valence electrons. The molecule has 2 heterocycles. The SMILES string of the molecule is Cc1cccc(F)c1NC(=O)c1nc(C)c(C)c(NCCc2cn[nH]c2)n1. The second-order valence-corrected chi connectivity index (χ2v) is 6.28. The lowest BCUT2D eigenvalue weighted by Crippen LogP contribution is -2.20. The van der Waals surface area contributed by atoms with Gasteiger partial charge in [-0.15, -0.1) is 0 Å². The number of halogens is 1. The number of carbonyl (C=O) groups is 1. The summed E-state index contributed by atoms with van der Waals surface area (Å²) in [6.07, 6.45) is 4.35. The number of H-pyrrole nitrogens is 1. The molecule has 0 aliphatic rings. The third-order valence-corrected chi connectivity index (χ3v) is 4.31. The van der Waals surface area contributed by atoms with Crippen molar-refractivity contribution < 1.29 is 9.18 Å². The molecule has 3 aromatic rings. The molecule has 3 N–H and O–H groups in total. The van der Waals surface area contributed by atoms with Crippen LogP contribution in [-0.2, 0) is 6.42 Å². The Kier molecular flexibility index (Phi) is 5.44. The molecule has 3 rings (SSSR count). The van der Waals surface area contributed by atoms with Gasteiger partial charge in [0.1, 0.15) is 11.6 Å². The Morgan fingerprint density at radius 1 is 1.22 bits per heavy atom. The topological polar surface area (TPSA) is 95.6 Å². The molecular formula is C19H21FN6O. The van der Waals surface area contributed by atoms with Crippen LogP contribution in [0, 0.1) is 26.6 Å². The van der Waals surface area contributed by atoms with Crippen LogP contribution in [0.5, 0.6) is 0 Å². The fourth-order valence-electron chi connectivity index (χ4n) is 2.60. The molecule has 0 bridgehead atoms. The molecule has 8 heteroatoms. The first kappa shape index (κ1) is 18.5. The maximum absolute atomic E-state index is 14.0. The Bertz CT molecular complexity index is 935. The van der Waals surface area contributed by atoms with E-state index < -0.39 is 11.7 Å². The lowest BCUT2D eigenvalue weighted by molar-refractivity contribution is 0.101. The number of carbonyl (C=O) groups excluding carboxylic acids is 1. The largest absolute Gasteiger partial charge is 0.369 e. The first-order valence-corrected chi connectivity index (χ1v) is 8.59. The molecule has 7 nitrogen and oxygen atoms in total. The van der Waals surface area contributed by atoms with Crippen LogP contribution in [0.2, 0.25) is 0 Å². The smallest absolute Gasteiger partial charge is 0.293 e. The summed E-state index contributed by atoms with van der Waals surface area (Å²) in [5, 5.41) is 12.5. The van der Waals surface area contributed by atoms with Crippen molar-refractivity contribution in [2.45, 2.75) is 27.2 Å². The second kappa shape index (κ2) is 7.94. The van der Waals surface area contributed by atoms with E-state index in [1.807, 2.05) is 20.0 Å². The van der Waals surface area contributed by atoms with Crippen molar-refractivity contribution in [1.82, 2.24) is 20.2 Å². The highest BCUT2D eigenvalue weighted by atomic mass is 19.1. The number of anilines is 2. The Balaban J connectivity index is 1.77. The quantitative estimate of drug-likeness (QED) is 0.621. The van der Waals surface area contributed by atoms with Gasteiger partial charge in [-0.3, -0.25) is 9.89 Å². The third kappa shape index (κ3) is 4.28. The molecule has 0 saturated heterocycles. The van der Waals surface area contributed by atoms with E-state index in [2.05, 4.69) is 30.8 Å². The van der Waals surface area contributed by atoms with Crippen molar-refractivity contribution in [3.63, 3.8) is 0 Å². The van der Waals surface area contributed by atoms with E-state index in [4.69, 9.17) is 0 Å². The molecule has 0 saturated carbocycles. The van der Waals surface area contributed by atoms with Crippen LogP contribution in [-0.4, -0.2) is 32.6 Å². The monoisotopic (exact) mass is 368 g/mol. The van der Waals surface area contributed by atoms with Gasteiger partial charge in [-0.05, 0) is 44.4 Å². The first-order chi connectivity index (χ1) is 13.0. The molecule has 0 aliphatic heterocycles. The van der Waals surface area contributed by atoms with Crippen molar-refractivity contribution in [2.24, 2.45) is 0 Å². The van der Waals surface area contributed by atoms with Crippen molar-refractivity contribution in [1.29, 1.82) is 0 Å². The predicted octanol–water partition coefficient (Wildman–Crippen LogP) is 3.17. The molecule has 0 fully saturated rings. The van der Waals surface area contributed by atoms with Crippen LogP contribution in [0.15, 0.2) is 30.6 Å². The molecule has 0 atom stereocenters. The number of nitrogens with one attached hydrogen (secondary N) is 3. The maximum Gasteiger partial charge on any atom is 0.293 e. The van der Waals surface area contributed by atoms with Crippen LogP contribution in [0.1, 0.15) is 33.0 Å². The van der Waals surface area contributed by atoms with Gasteiger partial charge in [-0.2, -0.15) is 5.10 Å². The van der Waals surface area contributed by atoms with Gasteiger partial charge in [0.15, 0.2) is 0 Å². The van der Waals surface area contributed by atoms with Gasteiger partial charge in [-0.1, -0.05) is 12.1 Å². The molecule has 0 aliphatic carbocycles. The summed E-state index contributed by atoms with van der Waals surface area (Å²) in [4.78, 5) is 21.1. The van der Waals surface area contributed by atoms with E-state index in [1.54, 1.807) is 25.3 Å². The Morgan fingerprint density at radius 3 is 2.74 bits per heavy atom. The minimum absolute atomic E-state index is 0.00781. The van der Waals surface area contributed by atoms with Gasteiger partial charge in [0.05, 0.1) is 11.9 Å². The summed E-state index contributed by atoms with van der Waals surface area (Å²) in [7, 11) is 0. The number of aromatic amines is 1. The average Bonchev–Trinajstić information content (AvgIpc) is 3.15. The molecule has 1 aromatic carbocycles. The van der Waals surface area contributed by atoms with Crippen molar-refractivity contribution >= 4 is 17.4 Å². The van der Waals surface area contributed by atoms with E-state index in [-0.39, 0.29) is 11.5 Å². The fourth-order valence-corrected chi connectivity index (χ4v) is 2.60. The Hall–Kier alpha value is -3.29. The van der Waals surface area contributed by atoms with Gasteiger partial charge < -0.3 is 10.6 Å². The number of benzene rings is 1. The molecule has 27 heavy (non-hydrogen) atoms. The molecule has 0 spiro atoms. The van der Waals surface area contributed by atoms with Gasteiger partial charge in [0.25, 0.3) is 5.91 Å². The van der Waals surface area contributed by atoms with Gasteiger partial charge >= 0.3 is 0 Å². The van der Waals surface area contributed by atoms with Gasteiger partial charge in [0, 0.05) is 24.0 Å². The number of hydrogen-bond acceptors (Lipinski definition) is 5. The number of aryl methyl sites for hydroxylation is 2. The van der Waals surface area contributed by atoms with Gasteiger partial charge in [-0.25, -0.2) is 14.4 Å². The third-order valence-electron chi connectivity index (χ3n) is 4.31. The Labute approximate surface area is 156 Å². The van der Waals surface area contributed by atoms with Crippen LogP contribution in [0.3, 0.4) is 0 Å². The summed E-state index contributed by atoms with van der Waals surface area (Å²) < 4.78 is 14.0. The molecule has 0 unspecified atom stereocenters. The summed E-state index contributed by atoms with van der Waals surface area (Å²) in [6, 6.07) is 4.62. The lowest BCUT2D eigenvalue weighted by Gasteiger charge is -2.13. The molecule has 2 aromatic heterocycles. The van der Waals surface area contributed by atoms with E-state index in [9.17, 15) is 9.18 Å². The fraction of sp³-hybridized carbons (Fsp3) is 0.263. The summed E-state index contributed by atoms with van der Waals surface area (Å²) >= 11 is 0. The number of rotatable bonds is 6. The van der Waals surface area contributed by atoms with Crippen molar-refractivity contribution in [3.8, 4) is 0 Å². The van der Waals surface area contributed by atoms with Crippen LogP contribution >= 0.6 is 0 Å². The van der Waals surface area contributed by atoms with Crippen molar-refractivity contribution in [3.05, 3.63) is 64.6 Å². The minimum atomic E-state index is -0.552. The number of nitrogens with zero attached hydrogens (tertiary/aromatic N) is 3. The number of hydrogen-bond donors (Lipinski definition) is 3. The second-order valence-electron chi connectivity index (χ2n) is 6.28. The van der Waals surface area contributed by atoms with Crippen molar-refractivity contribution in [2.75, 3.05) is 17.2 Å². The highest BCUT2D eigenvalue weighted by Crippen LogP contribution is 2.20. The van der Waals surface area contributed by atoms with E-state index in [0.717, 1.165) is 17.5 Å². The van der Waals surface area contributed by atoms with E-state index >= 15 is 0 Å². The van der Waals surface area contributed by atoms with E-state index in [1.165, 1.54) is 6.07 Å². The average molecular weight is 368 g/mol. The number of aromatic nitrogens is 4. The summed E-state index contributed by atoms with van der Waals surface area (Å²) in [5.41, 5.74) is 3.38. The number of para-hydroxylation sites is 1. The van der Waals surface area contributed by atoms with Crippen LogP contribution in [0.4, 0.5) is 15.9 Å². The summed E-state index contributed by atoms with van der Waals surface area (Å²) in [6.45, 7) is 6.05. The zero-order valence-electron chi connectivity index (χ0n) is 15.4. The maximum atomic E-state index is 14.0. The highest BCUT2D eigenvalue weighted by molar-refractivity contribution is 6.02. The zero-order valence-corrected chi connectivity index (χ0v) is 15.4. The molecule has 0 radical (unpaired) electrons. The molecular weight excluding hydrogens is 347 g/mol. The first-order valence-electron chi connectivity index (χ1n) is 8.59.